The van der Waals surface area contributed by atoms with Gasteiger partial charge in [-0.25, -0.2) is 14.2 Å². The van der Waals surface area contributed by atoms with Crippen LogP contribution in [0.15, 0.2) is 48.7 Å². The van der Waals surface area contributed by atoms with E-state index in [1.165, 1.54) is 31.5 Å². The molecule has 1 aromatic heterocycles. The van der Waals surface area contributed by atoms with Crippen LogP contribution in [0.3, 0.4) is 0 Å². The molecule has 2 N–H and O–H groups in total. The van der Waals surface area contributed by atoms with Crippen molar-refractivity contribution in [3.8, 4) is 11.1 Å². The standard InChI is InChI=1S/C16H10ClFN2O2.C3H6/c17-12-2-1-3-13(18)15(12)10-5-4-9-7-14(20-16(21)22)19-8-11(9)6-10;1-2-3-1/h1-8H,(H,19,20)(H,21,22);1-3H2. The second-order valence-electron chi connectivity index (χ2n) is 5.72. The highest BCUT2D eigenvalue weighted by atomic mass is 35.5. The van der Waals surface area contributed by atoms with Crippen molar-refractivity contribution in [2.24, 2.45) is 0 Å². The van der Waals surface area contributed by atoms with E-state index in [0.717, 1.165) is 10.8 Å². The average molecular weight is 359 g/mol. The molecule has 0 unspecified atom stereocenters. The van der Waals surface area contributed by atoms with Crippen molar-refractivity contribution in [1.29, 1.82) is 0 Å². The summed E-state index contributed by atoms with van der Waals surface area (Å²) in [6.07, 6.45) is 4.85. The van der Waals surface area contributed by atoms with Crippen molar-refractivity contribution in [3.63, 3.8) is 0 Å². The van der Waals surface area contributed by atoms with Gasteiger partial charge in [-0.05, 0) is 35.2 Å². The number of fused-ring (bicyclic) bond motifs is 1. The summed E-state index contributed by atoms with van der Waals surface area (Å²) >= 11 is 6.07. The number of benzene rings is 2. The zero-order valence-electron chi connectivity index (χ0n) is 13.3. The Morgan fingerprint density at radius 2 is 1.88 bits per heavy atom. The first-order valence-electron chi connectivity index (χ1n) is 7.89. The van der Waals surface area contributed by atoms with Crippen molar-refractivity contribution in [1.82, 2.24) is 4.98 Å². The number of pyridine rings is 1. The van der Waals surface area contributed by atoms with Gasteiger partial charge in [-0.1, -0.05) is 49.1 Å². The maximum atomic E-state index is 14.0. The number of aromatic nitrogens is 1. The Kier molecular flexibility index (Phi) is 5.14. The van der Waals surface area contributed by atoms with Gasteiger partial charge in [-0.3, -0.25) is 5.32 Å². The zero-order chi connectivity index (χ0) is 17.8. The fourth-order valence-corrected chi connectivity index (χ4v) is 2.52. The minimum absolute atomic E-state index is 0.233. The van der Waals surface area contributed by atoms with Crippen molar-refractivity contribution < 1.29 is 14.3 Å². The molecule has 0 bridgehead atoms. The summed E-state index contributed by atoms with van der Waals surface area (Å²) in [5.41, 5.74) is 0.968. The van der Waals surface area contributed by atoms with Gasteiger partial charge in [0.2, 0.25) is 0 Å². The molecular weight excluding hydrogens is 343 g/mol. The Morgan fingerprint density at radius 3 is 2.52 bits per heavy atom. The van der Waals surface area contributed by atoms with Crippen LogP contribution >= 0.6 is 11.6 Å². The smallest absolute Gasteiger partial charge is 0.410 e. The lowest BCUT2D eigenvalue weighted by atomic mass is 10.0. The van der Waals surface area contributed by atoms with Crippen LogP contribution in [0, 0.1) is 5.82 Å². The first-order valence-corrected chi connectivity index (χ1v) is 8.26. The first kappa shape index (κ1) is 17.2. The predicted octanol–water partition coefficient (Wildman–Crippen LogP) is 5.95. The fourth-order valence-electron chi connectivity index (χ4n) is 2.25. The summed E-state index contributed by atoms with van der Waals surface area (Å²) in [7, 11) is 0. The molecule has 4 nitrogen and oxygen atoms in total. The molecule has 0 atom stereocenters. The Morgan fingerprint density at radius 1 is 1.12 bits per heavy atom. The van der Waals surface area contributed by atoms with E-state index in [0.29, 0.717) is 16.1 Å². The van der Waals surface area contributed by atoms with Crippen LogP contribution in [-0.4, -0.2) is 16.2 Å². The molecule has 1 heterocycles. The zero-order valence-corrected chi connectivity index (χ0v) is 14.1. The lowest BCUT2D eigenvalue weighted by Gasteiger charge is -2.08. The van der Waals surface area contributed by atoms with Gasteiger partial charge in [-0.15, -0.1) is 0 Å². The van der Waals surface area contributed by atoms with E-state index in [4.69, 9.17) is 16.7 Å². The van der Waals surface area contributed by atoms with E-state index in [-0.39, 0.29) is 5.82 Å². The maximum Gasteiger partial charge on any atom is 0.410 e. The molecule has 1 aliphatic carbocycles. The molecule has 1 amide bonds. The number of carbonyl (C=O) groups is 1. The molecule has 2 aromatic carbocycles. The summed E-state index contributed by atoms with van der Waals surface area (Å²) in [6, 6.07) is 11.4. The van der Waals surface area contributed by atoms with Crippen LogP contribution < -0.4 is 5.32 Å². The molecular formula is C19H16ClFN2O2. The van der Waals surface area contributed by atoms with E-state index in [1.807, 2.05) is 0 Å². The summed E-state index contributed by atoms with van der Waals surface area (Å²) in [6.45, 7) is 0. The molecule has 1 fully saturated rings. The Balaban J connectivity index is 0.000000549. The number of carboxylic acid groups (broad SMARTS) is 1. The number of rotatable bonds is 2. The third-order valence-electron chi connectivity index (χ3n) is 3.56. The molecule has 6 heteroatoms. The third kappa shape index (κ3) is 4.45. The quantitative estimate of drug-likeness (QED) is 0.594. The maximum absolute atomic E-state index is 14.0. The molecule has 0 saturated heterocycles. The molecule has 1 aliphatic rings. The monoisotopic (exact) mass is 358 g/mol. The van der Waals surface area contributed by atoms with Gasteiger partial charge in [0.15, 0.2) is 0 Å². The highest BCUT2D eigenvalue weighted by Crippen LogP contribution is 2.32. The highest BCUT2D eigenvalue weighted by molar-refractivity contribution is 6.33. The minimum Gasteiger partial charge on any atom is -0.465 e. The van der Waals surface area contributed by atoms with Crippen LogP contribution in [0.5, 0.6) is 0 Å². The Labute approximate surface area is 149 Å². The van der Waals surface area contributed by atoms with E-state index in [9.17, 15) is 9.18 Å². The lowest BCUT2D eigenvalue weighted by Crippen LogP contribution is -2.08. The Hall–Kier alpha value is -2.66. The number of hydrogen-bond acceptors (Lipinski definition) is 2. The van der Waals surface area contributed by atoms with Gasteiger partial charge < -0.3 is 5.11 Å². The van der Waals surface area contributed by atoms with Gasteiger partial charge >= 0.3 is 6.09 Å². The average Bonchev–Trinajstić information content (AvgIpc) is 3.43. The largest absolute Gasteiger partial charge is 0.465 e. The first-order chi connectivity index (χ1) is 12.0. The molecule has 25 heavy (non-hydrogen) atoms. The van der Waals surface area contributed by atoms with E-state index >= 15 is 0 Å². The number of nitrogens with zero attached hydrogens (tertiary/aromatic N) is 1. The van der Waals surface area contributed by atoms with Crippen LogP contribution in [0.25, 0.3) is 21.9 Å². The molecule has 0 radical (unpaired) electrons. The van der Waals surface area contributed by atoms with E-state index in [2.05, 4.69) is 10.3 Å². The van der Waals surface area contributed by atoms with Crippen LogP contribution in [0.1, 0.15) is 19.3 Å². The summed E-state index contributed by atoms with van der Waals surface area (Å²) in [5, 5.41) is 12.7. The number of anilines is 1. The molecule has 4 rings (SSSR count). The predicted molar refractivity (Wildman–Crippen MR) is 97.6 cm³/mol. The number of hydrogen-bond donors (Lipinski definition) is 2. The molecule has 3 aromatic rings. The second-order valence-corrected chi connectivity index (χ2v) is 6.13. The number of nitrogens with one attached hydrogen (secondary N) is 1. The van der Waals surface area contributed by atoms with Crippen LogP contribution in [-0.2, 0) is 0 Å². The van der Waals surface area contributed by atoms with Gasteiger partial charge in [-0.2, -0.15) is 0 Å². The normalized spacial score (nSPS) is 12.2. The molecule has 0 aliphatic heterocycles. The van der Waals surface area contributed by atoms with Gasteiger partial charge in [0.1, 0.15) is 11.6 Å². The summed E-state index contributed by atoms with van der Waals surface area (Å²) in [5.74, 6) is -0.166. The van der Waals surface area contributed by atoms with Crippen molar-refractivity contribution in [2.45, 2.75) is 19.3 Å². The topological polar surface area (TPSA) is 62.2 Å². The molecule has 1 saturated carbocycles. The van der Waals surface area contributed by atoms with Gasteiger partial charge in [0.05, 0.1) is 5.02 Å². The fraction of sp³-hybridized carbons (Fsp3) is 0.158. The summed E-state index contributed by atoms with van der Waals surface area (Å²) < 4.78 is 14.0. The van der Waals surface area contributed by atoms with E-state index < -0.39 is 11.9 Å². The number of amides is 1. The molecule has 0 spiro atoms. The molecule has 128 valence electrons. The van der Waals surface area contributed by atoms with Crippen molar-refractivity contribution in [2.75, 3.05) is 5.32 Å². The van der Waals surface area contributed by atoms with E-state index in [1.54, 1.807) is 36.4 Å². The van der Waals surface area contributed by atoms with Crippen LogP contribution in [0.2, 0.25) is 5.02 Å². The number of halogens is 2. The van der Waals surface area contributed by atoms with Crippen molar-refractivity contribution in [3.05, 3.63) is 59.5 Å². The summed E-state index contributed by atoms with van der Waals surface area (Å²) in [4.78, 5) is 14.6. The minimum atomic E-state index is -1.18. The highest BCUT2D eigenvalue weighted by Gasteiger charge is 2.10. The van der Waals surface area contributed by atoms with Crippen LogP contribution in [0.4, 0.5) is 15.0 Å². The second kappa shape index (κ2) is 7.49. The van der Waals surface area contributed by atoms with Gasteiger partial charge in [0.25, 0.3) is 0 Å². The van der Waals surface area contributed by atoms with Gasteiger partial charge in [0, 0.05) is 17.1 Å². The third-order valence-corrected chi connectivity index (χ3v) is 3.88. The Bertz CT molecular complexity index is 905. The SMILES string of the molecule is C1CC1.O=C(O)Nc1cc2ccc(-c3c(F)cccc3Cl)cc2cn1. The van der Waals surface area contributed by atoms with Crippen molar-refractivity contribution >= 4 is 34.3 Å². The lowest BCUT2D eigenvalue weighted by molar-refractivity contribution is 0.209.